The van der Waals surface area contributed by atoms with Gasteiger partial charge in [0.2, 0.25) is 4.08 Å². The van der Waals surface area contributed by atoms with Gasteiger partial charge in [-0.05, 0) is 17.2 Å². The SMILES string of the molecule is O=S(=O)(O)C1(S(=O)(=O)O)C=CC(c2ccccc2)=CC1.[Na].[Na]. The number of hydrogen-bond acceptors (Lipinski definition) is 4. The zero-order valence-corrected chi connectivity index (χ0v) is 17.8. The molecular weight excluding hydrogens is 350 g/mol. The molecule has 0 saturated heterocycles. The van der Waals surface area contributed by atoms with Crippen molar-refractivity contribution in [1.29, 1.82) is 0 Å². The Balaban J connectivity index is 0.00000220. The van der Waals surface area contributed by atoms with Gasteiger partial charge in [0.05, 0.1) is 0 Å². The molecule has 1 aliphatic rings. The molecule has 110 valence electrons. The minimum atomic E-state index is -5.02. The van der Waals surface area contributed by atoms with E-state index in [0.29, 0.717) is 5.57 Å². The average molecular weight is 362 g/mol. The summed E-state index contributed by atoms with van der Waals surface area (Å²) in [5, 5.41) is 0. The molecule has 1 aromatic carbocycles. The third-order valence-electron chi connectivity index (χ3n) is 3.10. The van der Waals surface area contributed by atoms with E-state index >= 15 is 0 Å². The fourth-order valence-corrected chi connectivity index (χ4v) is 4.10. The smallest absolute Gasteiger partial charge is 0.284 e. The average Bonchev–Trinajstić information content (AvgIpc) is 2.37. The fourth-order valence-electron chi connectivity index (χ4n) is 1.97. The van der Waals surface area contributed by atoms with Crippen LogP contribution >= 0.6 is 0 Å². The Morgan fingerprint density at radius 3 is 1.77 bits per heavy atom. The summed E-state index contributed by atoms with van der Waals surface area (Å²) in [5.74, 6) is 0. The first kappa shape index (κ1) is 22.5. The Hall–Kier alpha value is 0.520. The topological polar surface area (TPSA) is 109 Å². The molecule has 0 saturated carbocycles. The summed E-state index contributed by atoms with van der Waals surface area (Å²) < 4.78 is 60.9. The summed E-state index contributed by atoms with van der Waals surface area (Å²) in [4.78, 5) is 0. The van der Waals surface area contributed by atoms with Crippen molar-refractivity contribution in [3.63, 3.8) is 0 Å². The van der Waals surface area contributed by atoms with Crippen LogP contribution in [0, 0.1) is 0 Å². The fraction of sp³-hybridized carbons (Fsp3) is 0.167. The predicted octanol–water partition coefficient (Wildman–Crippen LogP) is 0.740. The molecule has 0 spiro atoms. The van der Waals surface area contributed by atoms with Gasteiger partial charge in [0.1, 0.15) is 0 Å². The Bertz CT molecular complexity index is 750. The van der Waals surface area contributed by atoms with E-state index < -0.39 is 30.7 Å². The molecule has 0 amide bonds. The third kappa shape index (κ3) is 4.32. The summed E-state index contributed by atoms with van der Waals surface area (Å²) in [7, 11) is -10.0. The Kier molecular flexibility index (Phi) is 8.26. The van der Waals surface area contributed by atoms with Gasteiger partial charge >= 0.3 is 0 Å². The van der Waals surface area contributed by atoms with E-state index in [9.17, 15) is 16.8 Å². The second-order valence-corrected chi connectivity index (χ2v) is 7.94. The number of benzene rings is 1. The molecule has 0 aromatic heterocycles. The maximum atomic E-state index is 11.3. The first-order chi connectivity index (χ1) is 9.17. The van der Waals surface area contributed by atoms with Gasteiger partial charge in [-0.25, -0.2) is 0 Å². The summed E-state index contributed by atoms with van der Waals surface area (Å²) in [5.41, 5.74) is 1.37. The van der Waals surface area contributed by atoms with Crippen molar-refractivity contribution in [2.24, 2.45) is 0 Å². The molecule has 6 nitrogen and oxygen atoms in total. The number of allylic oxidation sites excluding steroid dienone is 3. The van der Waals surface area contributed by atoms with E-state index in [1.54, 1.807) is 30.3 Å². The van der Waals surface area contributed by atoms with Crippen LogP contribution in [-0.2, 0) is 20.2 Å². The minimum Gasteiger partial charge on any atom is -0.284 e. The maximum absolute atomic E-state index is 11.3. The summed E-state index contributed by atoms with van der Waals surface area (Å²) >= 11 is 0. The number of hydrogen-bond donors (Lipinski definition) is 2. The first-order valence-electron chi connectivity index (χ1n) is 5.56. The van der Waals surface area contributed by atoms with Gasteiger partial charge in [-0.15, -0.1) is 0 Å². The van der Waals surface area contributed by atoms with E-state index in [1.807, 2.05) is 0 Å². The van der Waals surface area contributed by atoms with Crippen LogP contribution in [0.4, 0.5) is 0 Å². The van der Waals surface area contributed by atoms with Crippen molar-refractivity contribution < 1.29 is 25.9 Å². The van der Waals surface area contributed by atoms with Crippen LogP contribution < -0.4 is 0 Å². The molecule has 0 atom stereocenters. The maximum Gasteiger partial charge on any atom is 0.291 e. The molecule has 22 heavy (non-hydrogen) atoms. The van der Waals surface area contributed by atoms with Gasteiger partial charge < -0.3 is 0 Å². The zero-order valence-electron chi connectivity index (χ0n) is 12.2. The van der Waals surface area contributed by atoms with Gasteiger partial charge in [-0.2, -0.15) is 16.8 Å². The van der Waals surface area contributed by atoms with Crippen molar-refractivity contribution in [1.82, 2.24) is 0 Å². The molecule has 0 bridgehead atoms. The van der Waals surface area contributed by atoms with Crippen LogP contribution in [0.25, 0.3) is 5.57 Å². The van der Waals surface area contributed by atoms with Gasteiger partial charge in [-0.1, -0.05) is 42.5 Å². The van der Waals surface area contributed by atoms with Crippen molar-refractivity contribution in [3.05, 3.63) is 54.1 Å². The largest absolute Gasteiger partial charge is 0.291 e. The van der Waals surface area contributed by atoms with E-state index in [4.69, 9.17) is 9.11 Å². The standard InChI is InChI=1S/C12H12O6S2.2Na/c13-19(14,15)12(20(16,17)18)8-6-11(7-9-12)10-4-2-1-3-5-10;;/h1-8H,9H2,(H,13,14,15)(H,16,17,18);;. The van der Waals surface area contributed by atoms with E-state index in [1.165, 1.54) is 12.2 Å². The van der Waals surface area contributed by atoms with Crippen LogP contribution in [0.1, 0.15) is 12.0 Å². The molecule has 1 aromatic rings. The molecule has 0 fully saturated rings. The normalized spacial score (nSPS) is 16.9. The van der Waals surface area contributed by atoms with Gasteiger partial charge in [0.15, 0.2) is 0 Å². The van der Waals surface area contributed by atoms with Crippen LogP contribution in [0.3, 0.4) is 0 Å². The van der Waals surface area contributed by atoms with Crippen LogP contribution in [0.2, 0.25) is 0 Å². The molecular formula is C12H12Na2O6S2. The molecule has 2 rings (SSSR count). The molecule has 10 heteroatoms. The zero-order chi connectivity index (χ0) is 15.0. The third-order valence-corrected chi connectivity index (χ3v) is 6.72. The van der Waals surface area contributed by atoms with Crippen molar-refractivity contribution in [2.75, 3.05) is 0 Å². The molecule has 2 N–H and O–H groups in total. The summed E-state index contributed by atoms with van der Waals surface area (Å²) in [6.45, 7) is 0. The van der Waals surface area contributed by atoms with E-state index in [-0.39, 0.29) is 59.1 Å². The van der Waals surface area contributed by atoms with Crippen molar-refractivity contribution >= 4 is 84.9 Å². The van der Waals surface area contributed by atoms with Crippen LogP contribution in [0.15, 0.2) is 48.6 Å². The molecule has 0 aliphatic heterocycles. The number of rotatable bonds is 3. The van der Waals surface area contributed by atoms with Gasteiger partial charge in [0.25, 0.3) is 20.2 Å². The van der Waals surface area contributed by atoms with Crippen molar-refractivity contribution in [3.8, 4) is 0 Å². The quantitative estimate of drug-likeness (QED) is 0.606. The Morgan fingerprint density at radius 2 is 1.41 bits per heavy atom. The summed E-state index contributed by atoms with van der Waals surface area (Å²) in [6.07, 6.45) is 2.82. The van der Waals surface area contributed by atoms with Gasteiger partial charge in [-0.3, -0.25) is 9.11 Å². The second kappa shape index (κ2) is 8.06. The molecule has 0 unspecified atom stereocenters. The minimum absolute atomic E-state index is 0. The molecule has 2 radical (unpaired) electrons. The van der Waals surface area contributed by atoms with Crippen LogP contribution in [0.5, 0.6) is 0 Å². The van der Waals surface area contributed by atoms with Crippen LogP contribution in [-0.4, -0.2) is 89.1 Å². The Morgan fingerprint density at radius 1 is 0.909 bits per heavy atom. The first-order valence-corrected chi connectivity index (χ1v) is 8.44. The monoisotopic (exact) mass is 362 g/mol. The Labute approximate surface area is 173 Å². The van der Waals surface area contributed by atoms with E-state index in [2.05, 4.69) is 0 Å². The van der Waals surface area contributed by atoms with E-state index in [0.717, 1.165) is 11.6 Å². The van der Waals surface area contributed by atoms with Gasteiger partial charge in [0, 0.05) is 65.5 Å². The van der Waals surface area contributed by atoms with Crippen molar-refractivity contribution in [2.45, 2.75) is 10.5 Å². The summed E-state index contributed by atoms with van der Waals surface area (Å²) in [6, 6.07) is 8.89. The molecule has 1 aliphatic carbocycles. The second-order valence-electron chi connectivity index (χ2n) is 4.32. The predicted molar refractivity (Wildman–Crippen MR) is 85.5 cm³/mol. The molecule has 0 heterocycles.